The van der Waals surface area contributed by atoms with Crippen LogP contribution in [0.1, 0.15) is 71.6 Å². The van der Waals surface area contributed by atoms with Crippen molar-refractivity contribution in [1.29, 1.82) is 0 Å². The zero-order valence-electron chi connectivity index (χ0n) is 25.5. The molecule has 2 nitrogen and oxygen atoms in total. The molecule has 10 heteroatoms. The van der Waals surface area contributed by atoms with E-state index in [9.17, 15) is 17.6 Å². The summed E-state index contributed by atoms with van der Waals surface area (Å²) < 4.78 is 108. The van der Waals surface area contributed by atoms with E-state index in [2.05, 4.69) is 47.8 Å². The summed E-state index contributed by atoms with van der Waals surface area (Å²) in [5.41, 5.74) is -0.945. The maximum Gasteiger partial charge on any atom is 0.432 e. The lowest BCUT2D eigenvalue weighted by Gasteiger charge is -2.27. The summed E-state index contributed by atoms with van der Waals surface area (Å²) in [5.74, 6) is 5.08. The van der Waals surface area contributed by atoms with Crippen LogP contribution < -0.4 is 4.74 Å². The molecular weight excluding hydrogens is 651 g/mol. The highest BCUT2D eigenvalue weighted by Gasteiger charge is 2.43. The summed E-state index contributed by atoms with van der Waals surface area (Å²) >= 11 is 4.36. The minimum atomic E-state index is -4.28. The van der Waals surface area contributed by atoms with Crippen LogP contribution in [0.3, 0.4) is 0 Å². The molecule has 0 saturated heterocycles. The molecular formula is C38H26F7NOS. The summed E-state index contributed by atoms with van der Waals surface area (Å²) in [6, 6.07) is 11.9. The van der Waals surface area contributed by atoms with E-state index in [1.165, 1.54) is 36.4 Å². The van der Waals surface area contributed by atoms with Crippen LogP contribution in [-0.2, 0) is 19.0 Å². The highest BCUT2D eigenvalue weighted by atomic mass is 32.1. The molecule has 0 aliphatic heterocycles. The molecule has 0 saturated carbocycles. The molecule has 1 aliphatic carbocycles. The molecule has 1 aliphatic rings. The smallest absolute Gasteiger partial charge is 0.429 e. The first-order valence-corrected chi connectivity index (χ1v) is 15.5. The third-order valence-corrected chi connectivity index (χ3v) is 8.01. The largest absolute Gasteiger partial charge is 0.432 e. The number of thiocarbonyl (C=S) groups is 1. The average molecular weight is 678 g/mol. The highest BCUT2D eigenvalue weighted by molar-refractivity contribution is 7.78. The van der Waals surface area contributed by atoms with Crippen molar-refractivity contribution in [2.75, 3.05) is 0 Å². The molecule has 0 N–H and O–H groups in total. The van der Waals surface area contributed by atoms with Gasteiger partial charge in [-0.2, -0.15) is 13.8 Å². The van der Waals surface area contributed by atoms with E-state index in [1.807, 2.05) is 5.16 Å². The van der Waals surface area contributed by atoms with Gasteiger partial charge in [0, 0.05) is 16.7 Å². The van der Waals surface area contributed by atoms with Gasteiger partial charge in [-0.3, -0.25) is 0 Å². The Hall–Kier alpha value is -4.89. The molecule has 1 unspecified atom stereocenters. The lowest BCUT2D eigenvalue weighted by atomic mass is 9.80. The number of ether oxygens (including phenoxy) is 1. The predicted molar refractivity (Wildman–Crippen MR) is 172 cm³/mol. The topological polar surface area (TPSA) is 21.6 Å². The molecule has 5 rings (SSSR count). The van der Waals surface area contributed by atoms with Gasteiger partial charge < -0.3 is 4.74 Å². The second-order valence-electron chi connectivity index (χ2n) is 11.3. The Balaban J connectivity index is 1.26. The van der Waals surface area contributed by atoms with E-state index in [0.29, 0.717) is 24.0 Å². The highest BCUT2D eigenvalue weighted by Crippen LogP contribution is 2.40. The second kappa shape index (κ2) is 14.9. The SMILES string of the molecule is CCCCC1CCc2c(cc(F)c(C(F)(F)Oc3ccc(C#Cc4ccc(C#Cc5cc(F)c(N=C=S)c(F)c5)c(F)c4)cc3)c2F)C1. The first-order valence-electron chi connectivity index (χ1n) is 15.1. The number of rotatable bonds is 7. The summed E-state index contributed by atoms with van der Waals surface area (Å²) in [6.07, 6.45) is 0.0255. The normalized spacial score (nSPS) is 13.7. The summed E-state index contributed by atoms with van der Waals surface area (Å²) in [7, 11) is 0. The van der Waals surface area contributed by atoms with Crippen LogP contribution >= 0.6 is 12.2 Å². The van der Waals surface area contributed by atoms with Crippen molar-refractivity contribution in [3.05, 3.63) is 129 Å². The van der Waals surface area contributed by atoms with Crippen molar-refractivity contribution in [3.8, 4) is 29.4 Å². The number of fused-ring (bicyclic) bond motifs is 1. The molecule has 4 aromatic carbocycles. The third-order valence-electron chi connectivity index (χ3n) is 7.92. The fourth-order valence-corrected chi connectivity index (χ4v) is 5.59. The van der Waals surface area contributed by atoms with Gasteiger partial charge in [0.1, 0.15) is 34.5 Å². The van der Waals surface area contributed by atoms with Crippen molar-refractivity contribution >= 4 is 23.1 Å². The van der Waals surface area contributed by atoms with Gasteiger partial charge in [0.15, 0.2) is 11.6 Å². The lowest BCUT2D eigenvalue weighted by Crippen LogP contribution is -2.27. The van der Waals surface area contributed by atoms with Crippen LogP contribution in [-0.4, -0.2) is 5.16 Å². The fourth-order valence-electron chi connectivity index (χ4n) is 5.50. The van der Waals surface area contributed by atoms with Crippen LogP contribution in [0.15, 0.2) is 65.7 Å². The number of hydrogen-bond donors (Lipinski definition) is 0. The Morgan fingerprint density at radius 2 is 1.46 bits per heavy atom. The molecule has 0 spiro atoms. The van der Waals surface area contributed by atoms with Gasteiger partial charge in [0.2, 0.25) is 0 Å². The Labute approximate surface area is 278 Å². The van der Waals surface area contributed by atoms with Gasteiger partial charge in [-0.05, 0) is 109 Å². The minimum absolute atomic E-state index is 0.0458. The van der Waals surface area contributed by atoms with Gasteiger partial charge in [-0.1, -0.05) is 49.9 Å². The van der Waals surface area contributed by atoms with E-state index >= 15 is 13.2 Å². The van der Waals surface area contributed by atoms with Gasteiger partial charge >= 0.3 is 6.11 Å². The van der Waals surface area contributed by atoms with Crippen LogP contribution in [0.5, 0.6) is 5.75 Å². The van der Waals surface area contributed by atoms with Gasteiger partial charge in [0.05, 0.1) is 10.7 Å². The molecule has 4 aromatic rings. The monoisotopic (exact) mass is 677 g/mol. The Kier molecular flexibility index (Phi) is 10.7. The standard InChI is InChI=1S/C38H26F7NOS/c1-2-3-4-24-11-16-30-28(17-24)21-32(40)35(36(30)43)38(44,45)47-29-14-9-23(10-15-29)5-6-25-7-12-27(31(39)18-25)13-8-26-19-33(41)37(46-22-48)34(42)20-26/h7,9-10,12,14-15,18-21,24H,2-4,11,16-17H2,1H3. The number of alkyl halides is 2. The fraction of sp³-hybridized carbons (Fsp3) is 0.237. The zero-order valence-corrected chi connectivity index (χ0v) is 26.3. The van der Waals surface area contributed by atoms with E-state index < -0.39 is 46.4 Å². The number of halogens is 7. The molecule has 1 atom stereocenters. The quantitative estimate of drug-likeness (QED) is 0.0841. The first-order chi connectivity index (χ1) is 23.0. The number of aliphatic imine (C=N–C) groups is 1. The Morgan fingerprint density at radius 3 is 2.12 bits per heavy atom. The Morgan fingerprint density at radius 1 is 0.812 bits per heavy atom. The summed E-state index contributed by atoms with van der Waals surface area (Å²) in [5, 5.41) is 1.88. The predicted octanol–water partition coefficient (Wildman–Crippen LogP) is 10.3. The average Bonchev–Trinajstić information content (AvgIpc) is 3.04. The zero-order chi connectivity index (χ0) is 34.4. The van der Waals surface area contributed by atoms with Crippen LogP contribution in [0.2, 0.25) is 0 Å². The molecule has 0 fully saturated rings. The number of isothiocyanates is 1. The van der Waals surface area contributed by atoms with Crippen molar-refractivity contribution in [1.82, 2.24) is 0 Å². The number of unbranched alkanes of at least 4 members (excludes halogenated alkanes) is 1. The van der Waals surface area contributed by atoms with Crippen molar-refractivity contribution < 1.29 is 35.5 Å². The van der Waals surface area contributed by atoms with E-state index in [1.54, 1.807) is 0 Å². The molecule has 0 amide bonds. The Bertz CT molecular complexity index is 2010. The lowest BCUT2D eigenvalue weighted by molar-refractivity contribution is -0.189. The van der Waals surface area contributed by atoms with Crippen LogP contribution in [0.25, 0.3) is 0 Å². The first kappa shape index (κ1) is 34.4. The molecule has 48 heavy (non-hydrogen) atoms. The summed E-state index contributed by atoms with van der Waals surface area (Å²) in [6.45, 7) is 2.06. The molecule has 0 heterocycles. The molecule has 0 radical (unpaired) electrons. The number of hydrogen-bond acceptors (Lipinski definition) is 3. The van der Waals surface area contributed by atoms with Gasteiger partial charge in [0.25, 0.3) is 0 Å². The molecule has 0 aromatic heterocycles. The molecule has 244 valence electrons. The van der Waals surface area contributed by atoms with Crippen molar-refractivity contribution in [2.24, 2.45) is 10.9 Å². The van der Waals surface area contributed by atoms with Crippen LogP contribution in [0.4, 0.5) is 36.4 Å². The van der Waals surface area contributed by atoms with E-state index in [-0.39, 0.29) is 40.3 Å². The minimum Gasteiger partial charge on any atom is -0.429 e. The maximum atomic E-state index is 15.3. The van der Waals surface area contributed by atoms with E-state index in [0.717, 1.165) is 43.5 Å². The van der Waals surface area contributed by atoms with Crippen molar-refractivity contribution in [2.45, 2.75) is 51.6 Å². The second-order valence-corrected chi connectivity index (χ2v) is 11.4. The third kappa shape index (κ3) is 7.97. The summed E-state index contributed by atoms with van der Waals surface area (Å²) in [4.78, 5) is 3.32. The maximum absolute atomic E-state index is 15.3. The van der Waals surface area contributed by atoms with E-state index in [4.69, 9.17) is 4.74 Å². The van der Waals surface area contributed by atoms with Crippen LogP contribution in [0, 0.1) is 58.7 Å². The molecule has 0 bridgehead atoms. The van der Waals surface area contributed by atoms with Gasteiger partial charge in [-0.25, -0.2) is 22.0 Å². The number of benzene rings is 4. The van der Waals surface area contributed by atoms with Crippen molar-refractivity contribution in [3.63, 3.8) is 0 Å². The number of nitrogens with zero attached hydrogens (tertiary/aromatic N) is 1. The van der Waals surface area contributed by atoms with Gasteiger partial charge in [-0.15, -0.1) is 0 Å².